The number of thiazole rings is 1. The van der Waals surface area contributed by atoms with Gasteiger partial charge in [0.05, 0.1) is 11.2 Å². The lowest BCUT2D eigenvalue weighted by Gasteiger charge is -2.10. The van der Waals surface area contributed by atoms with E-state index in [2.05, 4.69) is 45.8 Å². The van der Waals surface area contributed by atoms with Crippen LogP contribution in [0.25, 0.3) is 0 Å². The zero-order valence-electron chi connectivity index (χ0n) is 14.6. The van der Waals surface area contributed by atoms with E-state index in [1.165, 1.54) is 15.4 Å². The molecular weight excluding hydrogens is 435 g/mol. The minimum Gasteiger partial charge on any atom is -0.357 e. The van der Waals surface area contributed by atoms with Crippen LogP contribution in [0.1, 0.15) is 28.8 Å². The molecule has 0 atom stereocenters. The molecule has 6 nitrogen and oxygen atoms in total. The highest BCUT2D eigenvalue weighted by Crippen LogP contribution is 2.10. The highest BCUT2D eigenvalue weighted by atomic mass is 127. The number of aliphatic imine (C=N–C) groups is 1. The van der Waals surface area contributed by atoms with Gasteiger partial charge in [0.15, 0.2) is 5.96 Å². The van der Waals surface area contributed by atoms with Crippen LogP contribution in [-0.2, 0) is 19.9 Å². The SMILES string of the molecule is CCNC(=NCCCc1cnn(C)c1)NCCc1ncc(C)s1.I. The van der Waals surface area contributed by atoms with E-state index in [1.54, 1.807) is 11.3 Å². The predicted molar refractivity (Wildman–Crippen MR) is 111 cm³/mol. The fourth-order valence-electron chi connectivity index (χ4n) is 2.22. The topological polar surface area (TPSA) is 67.1 Å². The van der Waals surface area contributed by atoms with Gasteiger partial charge in [0.1, 0.15) is 0 Å². The van der Waals surface area contributed by atoms with Crippen LogP contribution in [0.15, 0.2) is 23.6 Å². The van der Waals surface area contributed by atoms with Crippen LogP contribution in [0.2, 0.25) is 0 Å². The smallest absolute Gasteiger partial charge is 0.191 e. The third kappa shape index (κ3) is 7.61. The van der Waals surface area contributed by atoms with Crippen LogP contribution in [0.5, 0.6) is 0 Å². The van der Waals surface area contributed by atoms with Crippen molar-refractivity contribution in [2.75, 3.05) is 19.6 Å². The van der Waals surface area contributed by atoms with Gasteiger partial charge in [-0.05, 0) is 32.3 Å². The van der Waals surface area contributed by atoms with E-state index in [0.717, 1.165) is 44.9 Å². The second kappa shape index (κ2) is 11.4. The Hall–Kier alpha value is -1.16. The average molecular weight is 462 g/mol. The van der Waals surface area contributed by atoms with Gasteiger partial charge in [-0.15, -0.1) is 35.3 Å². The van der Waals surface area contributed by atoms with E-state index in [0.29, 0.717) is 0 Å². The Morgan fingerprint density at radius 1 is 1.29 bits per heavy atom. The summed E-state index contributed by atoms with van der Waals surface area (Å²) in [5.41, 5.74) is 1.26. The van der Waals surface area contributed by atoms with Crippen LogP contribution >= 0.6 is 35.3 Å². The van der Waals surface area contributed by atoms with Gasteiger partial charge >= 0.3 is 0 Å². The fraction of sp³-hybridized carbons (Fsp3) is 0.562. The van der Waals surface area contributed by atoms with Gasteiger partial charge in [-0.3, -0.25) is 9.67 Å². The molecule has 0 aliphatic rings. The van der Waals surface area contributed by atoms with Crippen LogP contribution < -0.4 is 10.6 Å². The lowest BCUT2D eigenvalue weighted by molar-refractivity contribution is 0.762. The summed E-state index contributed by atoms with van der Waals surface area (Å²) in [6, 6.07) is 0. The molecule has 0 aromatic carbocycles. The second-order valence-electron chi connectivity index (χ2n) is 5.43. The van der Waals surface area contributed by atoms with Crippen molar-refractivity contribution >= 4 is 41.3 Å². The number of nitrogens with one attached hydrogen (secondary N) is 2. The van der Waals surface area contributed by atoms with Gasteiger partial charge in [-0.2, -0.15) is 5.10 Å². The van der Waals surface area contributed by atoms with Crippen molar-refractivity contribution in [1.82, 2.24) is 25.4 Å². The zero-order chi connectivity index (χ0) is 16.5. The van der Waals surface area contributed by atoms with Crippen LogP contribution in [0.3, 0.4) is 0 Å². The molecule has 24 heavy (non-hydrogen) atoms. The molecule has 8 heteroatoms. The minimum absolute atomic E-state index is 0. The van der Waals surface area contributed by atoms with E-state index in [9.17, 15) is 0 Å². The molecule has 0 spiro atoms. The molecule has 2 aromatic heterocycles. The van der Waals surface area contributed by atoms with Crippen molar-refractivity contribution in [1.29, 1.82) is 0 Å². The molecule has 2 aromatic rings. The second-order valence-corrected chi connectivity index (χ2v) is 6.75. The number of hydrogen-bond donors (Lipinski definition) is 2. The lowest BCUT2D eigenvalue weighted by Crippen LogP contribution is -2.38. The first-order chi connectivity index (χ1) is 11.2. The number of aryl methyl sites for hydroxylation is 3. The molecule has 0 fully saturated rings. The summed E-state index contributed by atoms with van der Waals surface area (Å²) in [5.74, 6) is 0.881. The summed E-state index contributed by atoms with van der Waals surface area (Å²) in [4.78, 5) is 10.3. The first kappa shape index (κ1) is 20.9. The molecule has 0 bridgehead atoms. The van der Waals surface area contributed by atoms with Crippen LogP contribution in [0.4, 0.5) is 0 Å². The quantitative estimate of drug-likeness (QED) is 0.274. The Labute approximate surface area is 165 Å². The molecular formula is C16H27IN6S. The number of guanidine groups is 1. The maximum absolute atomic E-state index is 4.62. The van der Waals surface area contributed by atoms with Crippen molar-refractivity contribution in [3.63, 3.8) is 0 Å². The third-order valence-electron chi connectivity index (χ3n) is 3.30. The van der Waals surface area contributed by atoms with Gasteiger partial charge in [-0.25, -0.2) is 4.98 Å². The molecule has 0 aliphatic heterocycles. The highest BCUT2D eigenvalue weighted by molar-refractivity contribution is 14.0. The maximum atomic E-state index is 4.62. The van der Waals surface area contributed by atoms with Crippen LogP contribution in [-0.4, -0.2) is 40.4 Å². The Morgan fingerprint density at radius 2 is 2.12 bits per heavy atom. The van der Waals surface area contributed by atoms with E-state index in [4.69, 9.17) is 0 Å². The molecule has 0 aliphatic carbocycles. The normalized spacial score (nSPS) is 11.2. The van der Waals surface area contributed by atoms with E-state index in [-0.39, 0.29) is 24.0 Å². The molecule has 2 heterocycles. The number of rotatable bonds is 8. The number of halogens is 1. The summed E-state index contributed by atoms with van der Waals surface area (Å²) < 4.78 is 1.84. The Kier molecular flexibility index (Phi) is 9.92. The van der Waals surface area contributed by atoms with Crippen molar-refractivity contribution in [3.8, 4) is 0 Å². The molecule has 134 valence electrons. The first-order valence-electron chi connectivity index (χ1n) is 8.08. The van der Waals surface area contributed by atoms with Crippen molar-refractivity contribution in [2.24, 2.45) is 12.0 Å². The van der Waals surface area contributed by atoms with Crippen molar-refractivity contribution in [2.45, 2.75) is 33.1 Å². The largest absolute Gasteiger partial charge is 0.357 e. The molecule has 0 radical (unpaired) electrons. The Balaban J connectivity index is 0.00000288. The van der Waals surface area contributed by atoms with E-state index >= 15 is 0 Å². The molecule has 0 unspecified atom stereocenters. The monoisotopic (exact) mass is 462 g/mol. The molecule has 0 saturated heterocycles. The summed E-state index contributed by atoms with van der Waals surface area (Å²) in [6.07, 6.45) is 8.87. The summed E-state index contributed by atoms with van der Waals surface area (Å²) in [7, 11) is 1.94. The zero-order valence-corrected chi connectivity index (χ0v) is 17.7. The predicted octanol–water partition coefficient (Wildman–Crippen LogP) is 2.53. The number of nitrogens with zero attached hydrogens (tertiary/aromatic N) is 4. The highest BCUT2D eigenvalue weighted by Gasteiger charge is 2.01. The van der Waals surface area contributed by atoms with E-state index < -0.39 is 0 Å². The standard InChI is InChI=1S/C16H26N6S.HI/c1-4-17-16(19-9-7-15-20-10-13(2)23-15)18-8-5-6-14-11-21-22(3)12-14;/h10-12H,4-9H2,1-3H3,(H2,17,18,19);1H. The minimum atomic E-state index is 0. The van der Waals surface area contributed by atoms with Gasteiger partial charge in [0, 0.05) is 50.4 Å². The third-order valence-corrected chi connectivity index (χ3v) is 4.27. The summed E-state index contributed by atoms with van der Waals surface area (Å²) in [6.45, 7) is 6.69. The molecule has 2 N–H and O–H groups in total. The van der Waals surface area contributed by atoms with Gasteiger partial charge in [0.25, 0.3) is 0 Å². The van der Waals surface area contributed by atoms with Crippen molar-refractivity contribution in [3.05, 3.63) is 34.0 Å². The van der Waals surface area contributed by atoms with E-state index in [1.807, 2.05) is 24.1 Å². The maximum Gasteiger partial charge on any atom is 0.191 e. The average Bonchev–Trinajstić information content (AvgIpc) is 3.12. The summed E-state index contributed by atoms with van der Waals surface area (Å²) >= 11 is 1.75. The first-order valence-corrected chi connectivity index (χ1v) is 8.90. The molecule has 0 amide bonds. The van der Waals surface area contributed by atoms with Gasteiger partial charge < -0.3 is 10.6 Å². The van der Waals surface area contributed by atoms with Crippen molar-refractivity contribution < 1.29 is 0 Å². The molecule has 2 rings (SSSR count). The van der Waals surface area contributed by atoms with Gasteiger partial charge in [-0.1, -0.05) is 0 Å². The summed E-state index contributed by atoms with van der Waals surface area (Å²) in [5, 5.41) is 12.0. The van der Waals surface area contributed by atoms with Gasteiger partial charge in [0.2, 0.25) is 0 Å². The molecule has 0 saturated carbocycles. The number of aromatic nitrogens is 3. The Morgan fingerprint density at radius 3 is 2.75 bits per heavy atom. The lowest BCUT2D eigenvalue weighted by atomic mass is 10.2. The fourth-order valence-corrected chi connectivity index (χ4v) is 3.01. The number of hydrogen-bond acceptors (Lipinski definition) is 4. The Bertz CT molecular complexity index is 622. The van der Waals surface area contributed by atoms with Crippen LogP contribution in [0, 0.1) is 6.92 Å².